The molecule has 34 heavy (non-hydrogen) atoms. The molecule has 0 unspecified atom stereocenters. The van der Waals surface area contributed by atoms with Crippen LogP contribution in [0.25, 0.3) is 0 Å². The van der Waals surface area contributed by atoms with Crippen molar-refractivity contribution in [3.05, 3.63) is 60.2 Å². The standard InChI is InChI=1S/C27H32N4O3/c28-21-22-7-9-24(10-8-22)29-14-4-15-31(19-18-29)27(33)23-11-16-30(17-12-23)26(32)13-20-34-25-5-2-1-3-6-25/h1-3,5-10,23H,4,11-20H2. The molecule has 7 heteroatoms. The van der Waals surface area contributed by atoms with Gasteiger partial charge in [-0.3, -0.25) is 9.59 Å². The number of likely N-dealkylation sites (tertiary alicyclic amines) is 1. The van der Waals surface area contributed by atoms with Crippen LogP contribution in [0.5, 0.6) is 5.75 Å². The van der Waals surface area contributed by atoms with Crippen molar-refractivity contribution in [3.63, 3.8) is 0 Å². The Morgan fingerprint density at radius 1 is 0.882 bits per heavy atom. The minimum absolute atomic E-state index is 0.00826. The molecule has 178 valence electrons. The van der Waals surface area contributed by atoms with Crippen LogP contribution in [-0.2, 0) is 9.59 Å². The van der Waals surface area contributed by atoms with E-state index in [4.69, 9.17) is 10.00 Å². The lowest BCUT2D eigenvalue weighted by molar-refractivity contribution is -0.140. The maximum atomic E-state index is 13.2. The van der Waals surface area contributed by atoms with Crippen LogP contribution in [0.3, 0.4) is 0 Å². The van der Waals surface area contributed by atoms with Gasteiger partial charge in [0.2, 0.25) is 11.8 Å². The number of anilines is 1. The van der Waals surface area contributed by atoms with Gasteiger partial charge in [-0.15, -0.1) is 0 Å². The highest BCUT2D eigenvalue weighted by molar-refractivity contribution is 5.80. The maximum Gasteiger partial charge on any atom is 0.225 e. The second-order valence-electron chi connectivity index (χ2n) is 8.89. The third-order valence-electron chi connectivity index (χ3n) is 6.69. The summed E-state index contributed by atoms with van der Waals surface area (Å²) in [5.41, 5.74) is 1.75. The molecule has 2 aliphatic rings. The molecule has 4 rings (SSSR count). The molecule has 2 fully saturated rings. The molecule has 0 saturated carbocycles. The van der Waals surface area contributed by atoms with Crippen LogP contribution >= 0.6 is 0 Å². The molecule has 2 aliphatic heterocycles. The molecule has 0 atom stereocenters. The molecule has 7 nitrogen and oxygen atoms in total. The van der Waals surface area contributed by atoms with Crippen molar-refractivity contribution in [2.45, 2.75) is 25.7 Å². The highest BCUT2D eigenvalue weighted by Crippen LogP contribution is 2.23. The van der Waals surface area contributed by atoms with E-state index in [1.54, 1.807) is 0 Å². The molecular formula is C27H32N4O3. The van der Waals surface area contributed by atoms with Gasteiger partial charge in [0.05, 0.1) is 24.7 Å². The van der Waals surface area contributed by atoms with Crippen LogP contribution in [0.2, 0.25) is 0 Å². The zero-order chi connectivity index (χ0) is 23.8. The van der Waals surface area contributed by atoms with Crippen LogP contribution in [0.15, 0.2) is 54.6 Å². The monoisotopic (exact) mass is 460 g/mol. The van der Waals surface area contributed by atoms with Crippen LogP contribution in [-0.4, -0.2) is 67.5 Å². The molecule has 2 amide bonds. The van der Waals surface area contributed by atoms with Gasteiger partial charge in [-0.1, -0.05) is 18.2 Å². The van der Waals surface area contributed by atoms with E-state index in [0.717, 1.165) is 50.3 Å². The first kappa shape index (κ1) is 23.6. The normalized spacial score (nSPS) is 17.1. The summed E-state index contributed by atoms with van der Waals surface area (Å²) in [5, 5.41) is 9.00. The lowest BCUT2D eigenvalue weighted by Gasteiger charge is -2.34. The molecule has 2 saturated heterocycles. The smallest absolute Gasteiger partial charge is 0.225 e. The fourth-order valence-corrected chi connectivity index (χ4v) is 4.71. The summed E-state index contributed by atoms with van der Waals surface area (Å²) < 4.78 is 5.64. The summed E-state index contributed by atoms with van der Waals surface area (Å²) in [6, 6.07) is 19.3. The molecular weight excluding hydrogens is 428 g/mol. The van der Waals surface area contributed by atoms with E-state index in [1.807, 2.05) is 64.4 Å². The molecule has 2 heterocycles. The van der Waals surface area contributed by atoms with Crippen LogP contribution in [0.4, 0.5) is 5.69 Å². The molecule has 0 aromatic heterocycles. The second kappa shape index (κ2) is 11.6. The van der Waals surface area contributed by atoms with Gasteiger partial charge in [-0.2, -0.15) is 5.26 Å². The van der Waals surface area contributed by atoms with E-state index in [9.17, 15) is 9.59 Å². The van der Waals surface area contributed by atoms with Crippen molar-refractivity contribution in [2.75, 3.05) is 50.8 Å². The number of hydrogen-bond donors (Lipinski definition) is 0. The van der Waals surface area contributed by atoms with Crippen molar-refractivity contribution < 1.29 is 14.3 Å². The van der Waals surface area contributed by atoms with Gasteiger partial charge in [-0.05, 0) is 55.7 Å². The maximum absolute atomic E-state index is 13.2. The summed E-state index contributed by atoms with van der Waals surface area (Å²) >= 11 is 0. The molecule has 2 aromatic carbocycles. The van der Waals surface area contributed by atoms with Gasteiger partial charge < -0.3 is 19.4 Å². The fourth-order valence-electron chi connectivity index (χ4n) is 4.71. The fraction of sp³-hybridized carbons (Fsp3) is 0.444. The van der Waals surface area contributed by atoms with Gasteiger partial charge >= 0.3 is 0 Å². The Labute approximate surface area is 201 Å². The molecule has 0 N–H and O–H groups in total. The summed E-state index contributed by atoms with van der Waals surface area (Å²) in [7, 11) is 0. The van der Waals surface area contributed by atoms with E-state index < -0.39 is 0 Å². The summed E-state index contributed by atoms with van der Waals surface area (Å²) in [5.74, 6) is 1.08. The summed E-state index contributed by atoms with van der Waals surface area (Å²) in [6.07, 6.45) is 2.72. The van der Waals surface area contributed by atoms with E-state index >= 15 is 0 Å². The number of carbonyl (C=O) groups is 2. The number of piperidine rings is 1. The number of benzene rings is 2. The average molecular weight is 461 g/mol. The first-order valence-electron chi connectivity index (χ1n) is 12.1. The Balaban J connectivity index is 1.20. The first-order valence-corrected chi connectivity index (χ1v) is 12.1. The van der Waals surface area contributed by atoms with Gasteiger partial charge in [-0.25, -0.2) is 0 Å². The average Bonchev–Trinajstić information content (AvgIpc) is 3.15. The molecule has 0 aliphatic carbocycles. The van der Waals surface area contributed by atoms with Gasteiger partial charge in [0.15, 0.2) is 0 Å². The van der Waals surface area contributed by atoms with Crippen LogP contribution < -0.4 is 9.64 Å². The minimum Gasteiger partial charge on any atom is -0.493 e. The SMILES string of the molecule is N#Cc1ccc(N2CCCN(C(=O)C3CCN(C(=O)CCOc4ccccc4)CC3)CC2)cc1. The number of ether oxygens (including phenoxy) is 1. The van der Waals surface area contributed by atoms with Crippen molar-refractivity contribution in [1.29, 1.82) is 5.26 Å². The quantitative estimate of drug-likeness (QED) is 0.661. The zero-order valence-corrected chi connectivity index (χ0v) is 19.6. The summed E-state index contributed by atoms with van der Waals surface area (Å²) in [4.78, 5) is 31.9. The zero-order valence-electron chi connectivity index (χ0n) is 19.6. The van der Waals surface area contributed by atoms with Gasteiger partial charge in [0.25, 0.3) is 0 Å². The number of nitriles is 1. The lowest BCUT2D eigenvalue weighted by Crippen LogP contribution is -2.45. The Kier molecular flexibility index (Phi) is 8.03. The van der Waals surface area contributed by atoms with E-state index in [-0.39, 0.29) is 17.7 Å². The van der Waals surface area contributed by atoms with Crippen molar-refractivity contribution >= 4 is 17.5 Å². The third-order valence-corrected chi connectivity index (χ3v) is 6.69. The lowest BCUT2D eigenvalue weighted by atomic mass is 9.95. The molecule has 0 bridgehead atoms. The van der Waals surface area contributed by atoms with Gasteiger partial charge in [0, 0.05) is 50.9 Å². The Morgan fingerprint density at radius 3 is 2.32 bits per heavy atom. The van der Waals surface area contributed by atoms with E-state index in [0.29, 0.717) is 38.2 Å². The van der Waals surface area contributed by atoms with Crippen LogP contribution in [0, 0.1) is 17.2 Å². The topological polar surface area (TPSA) is 76.9 Å². The highest BCUT2D eigenvalue weighted by Gasteiger charge is 2.31. The van der Waals surface area contributed by atoms with Crippen molar-refractivity contribution in [2.24, 2.45) is 5.92 Å². The predicted octanol–water partition coefficient (Wildman–Crippen LogP) is 3.30. The minimum atomic E-state index is -0.00826. The Hall–Kier alpha value is -3.53. The van der Waals surface area contributed by atoms with E-state index in [1.165, 1.54) is 0 Å². The Morgan fingerprint density at radius 2 is 1.62 bits per heavy atom. The predicted molar refractivity (Wildman–Crippen MR) is 130 cm³/mol. The van der Waals surface area contributed by atoms with Gasteiger partial charge in [0.1, 0.15) is 5.75 Å². The number of nitrogens with zero attached hydrogens (tertiary/aromatic N) is 4. The number of rotatable bonds is 6. The molecule has 0 spiro atoms. The Bertz CT molecular complexity index is 995. The third kappa shape index (κ3) is 6.07. The van der Waals surface area contributed by atoms with E-state index in [2.05, 4.69) is 11.0 Å². The van der Waals surface area contributed by atoms with Crippen molar-refractivity contribution in [1.82, 2.24) is 9.80 Å². The van der Waals surface area contributed by atoms with Crippen molar-refractivity contribution in [3.8, 4) is 11.8 Å². The summed E-state index contributed by atoms with van der Waals surface area (Å²) in [6.45, 7) is 4.78. The molecule has 2 aromatic rings. The molecule has 0 radical (unpaired) electrons. The van der Waals surface area contributed by atoms with Crippen LogP contribution in [0.1, 0.15) is 31.2 Å². The second-order valence-corrected chi connectivity index (χ2v) is 8.89. The highest BCUT2D eigenvalue weighted by atomic mass is 16.5. The number of para-hydroxylation sites is 1. The number of amides is 2. The largest absolute Gasteiger partial charge is 0.493 e. The number of carbonyl (C=O) groups excluding carboxylic acids is 2. The first-order chi connectivity index (χ1) is 16.6. The number of hydrogen-bond acceptors (Lipinski definition) is 5.